The SMILES string of the molecule is CCCCCCCCC1(C)c2ccccc2-c2ccc(-c3nc4c(Br)sc(Br)c4nc3-c3ccc4c(c3)C(CCCCCCCC)(CCCCCCCC)c3ccccc3-4)cc21. The Kier molecular flexibility index (Phi) is 15.2. The van der Waals surface area contributed by atoms with Crippen molar-refractivity contribution < 1.29 is 0 Å². The van der Waals surface area contributed by atoms with Crippen LogP contribution in [0.3, 0.4) is 0 Å². The first-order valence-corrected chi connectivity index (χ1v) is 26.9. The Morgan fingerprint density at radius 1 is 0.435 bits per heavy atom. The molecule has 5 heteroatoms. The Labute approximate surface area is 394 Å². The van der Waals surface area contributed by atoms with Gasteiger partial charge in [-0.15, -0.1) is 11.3 Å². The number of nitrogens with zero attached hydrogens (tertiary/aromatic N) is 2. The Morgan fingerprint density at radius 3 is 1.37 bits per heavy atom. The van der Waals surface area contributed by atoms with E-state index in [2.05, 4.69) is 144 Å². The number of fused-ring (bicyclic) bond motifs is 7. The number of aromatic nitrogens is 2. The second-order valence-corrected chi connectivity index (χ2v) is 22.5. The lowest BCUT2D eigenvalue weighted by Gasteiger charge is -2.33. The Hall–Kier alpha value is -3.12. The predicted molar refractivity (Wildman–Crippen MR) is 276 cm³/mol. The summed E-state index contributed by atoms with van der Waals surface area (Å²) < 4.78 is 2.03. The van der Waals surface area contributed by atoms with E-state index in [1.54, 1.807) is 16.9 Å². The van der Waals surface area contributed by atoms with Crippen molar-refractivity contribution in [1.29, 1.82) is 0 Å². The van der Waals surface area contributed by atoms with E-state index in [0.29, 0.717) is 0 Å². The minimum atomic E-state index is -0.0532. The summed E-state index contributed by atoms with van der Waals surface area (Å²) in [6.45, 7) is 9.45. The van der Waals surface area contributed by atoms with Crippen molar-refractivity contribution in [2.75, 3.05) is 0 Å². The second kappa shape index (κ2) is 20.8. The van der Waals surface area contributed by atoms with Crippen molar-refractivity contribution in [2.24, 2.45) is 0 Å². The van der Waals surface area contributed by atoms with Crippen LogP contribution in [0.15, 0.2) is 92.5 Å². The molecule has 2 heterocycles. The molecule has 1 unspecified atom stereocenters. The molecule has 0 N–H and O–H groups in total. The molecule has 2 aromatic heterocycles. The van der Waals surface area contributed by atoms with Crippen LogP contribution in [0.1, 0.15) is 185 Å². The first-order valence-electron chi connectivity index (χ1n) is 24.5. The molecule has 0 saturated carbocycles. The van der Waals surface area contributed by atoms with Crippen LogP contribution in [-0.2, 0) is 10.8 Å². The van der Waals surface area contributed by atoms with E-state index in [4.69, 9.17) is 9.97 Å². The van der Waals surface area contributed by atoms with E-state index in [-0.39, 0.29) is 10.8 Å². The predicted octanol–water partition coefficient (Wildman–Crippen LogP) is 19.4. The van der Waals surface area contributed by atoms with Gasteiger partial charge < -0.3 is 0 Å². The molecule has 2 aliphatic carbocycles. The average molecular weight is 973 g/mol. The Morgan fingerprint density at radius 2 is 0.839 bits per heavy atom. The zero-order valence-corrected chi connectivity index (χ0v) is 42.0. The molecule has 4 aromatic carbocycles. The van der Waals surface area contributed by atoms with E-state index in [1.807, 2.05) is 0 Å². The molecule has 62 heavy (non-hydrogen) atoms. The van der Waals surface area contributed by atoms with Crippen LogP contribution in [0.5, 0.6) is 0 Å². The number of hydrogen-bond acceptors (Lipinski definition) is 3. The zero-order valence-electron chi connectivity index (χ0n) is 38.0. The maximum atomic E-state index is 5.60. The number of hydrogen-bond donors (Lipinski definition) is 0. The van der Waals surface area contributed by atoms with Gasteiger partial charge in [-0.3, -0.25) is 0 Å². The van der Waals surface area contributed by atoms with Gasteiger partial charge in [0.25, 0.3) is 0 Å². The molecule has 1 atom stereocenters. The Bertz CT molecular complexity index is 2450. The topological polar surface area (TPSA) is 25.8 Å². The highest BCUT2D eigenvalue weighted by molar-refractivity contribution is 9.12. The molecule has 0 spiro atoms. The van der Waals surface area contributed by atoms with Gasteiger partial charge in [-0.2, -0.15) is 0 Å². The van der Waals surface area contributed by atoms with Gasteiger partial charge in [0.05, 0.1) is 19.0 Å². The van der Waals surface area contributed by atoms with Crippen molar-refractivity contribution in [3.05, 3.63) is 115 Å². The summed E-state index contributed by atoms with van der Waals surface area (Å²) in [5, 5.41) is 0. The van der Waals surface area contributed by atoms with Crippen LogP contribution in [0, 0.1) is 0 Å². The van der Waals surface area contributed by atoms with Crippen molar-refractivity contribution in [2.45, 2.75) is 173 Å². The largest absolute Gasteiger partial charge is 0.242 e. The molecule has 326 valence electrons. The van der Waals surface area contributed by atoms with Crippen LogP contribution in [0.4, 0.5) is 0 Å². The second-order valence-electron chi connectivity index (χ2n) is 18.8. The van der Waals surface area contributed by atoms with Gasteiger partial charge in [0.1, 0.15) is 11.0 Å². The third kappa shape index (κ3) is 9.08. The van der Waals surface area contributed by atoms with Crippen LogP contribution in [0.25, 0.3) is 55.8 Å². The molecule has 2 aliphatic rings. The molecular weight excluding hydrogens is 905 g/mol. The molecule has 2 nitrogen and oxygen atoms in total. The van der Waals surface area contributed by atoms with Gasteiger partial charge in [-0.25, -0.2) is 9.97 Å². The zero-order chi connectivity index (χ0) is 43.1. The fourth-order valence-corrected chi connectivity index (χ4v) is 14.0. The molecule has 8 rings (SSSR count). The van der Waals surface area contributed by atoms with Gasteiger partial charge in [-0.1, -0.05) is 216 Å². The molecule has 6 aromatic rings. The third-order valence-electron chi connectivity index (χ3n) is 14.6. The first kappa shape index (κ1) is 45.4. The van der Waals surface area contributed by atoms with Gasteiger partial charge in [-0.05, 0) is 108 Å². The summed E-state index contributed by atoms with van der Waals surface area (Å²) in [5.41, 5.74) is 17.6. The van der Waals surface area contributed by atoms with E-state index in [1.165, 1.54) is 173 Å². The number of thiophene rings is 1. The van der Waals surface area contributed by atoms with Crippen molar-refractivity contribution in [1.82, 2.24) is 9.97 Å². The maximum absolute atomic E-state index is 5.60. The molecule has 0 amide bonds. The fourth-order valence-electron chi connectivity index (χ4n) is 11.2. The van der Waals surface area contributed by atoms with Crippen LogP contribution < -0.4 is 0 Å². The fraction of sp³-hybridized carbons (Fsp3) is 0.474. The minimum Gasteiger partial charge on any atom is -0.242 e. The minimum absolute atomic E-state index is 0.00116. The number of benzene rings is 4. The highest BCUT2D eigenvalue weighted by Gasteiger charge is 2.43. The smallest absolute Gasteiger partial charge is 0.116 e. The number of rotatable bonds is 23. The normalized spacial score (nSPS) is 15.8. The summed E-state index contributed by atoms with van der Waals surface area (Å²) in [7, 11) is 0. The van der Waals surface area contributed by atoms with Gasteiger partial charge in [0, 0.05) is 22.0 Å². The summed E-state index contributed by atoms with van der Waals surface area (Å²) in [6, 6.07) is 33.1. The highest BCUT2D eigenvalue weighted by atomic mass is 79.9. The summed E-state index contributed by atoms with van der Waals surface area (Å²) in [4.78, 5) is 11.2. The van der Waals surface area contributed by atoms with E-state index in [9.17, 15) is 0 Å². The standard InChI is InChI=1S/C57H68Br2N2S/c1-5-8-11-14-17-24-35-56(4)46-29-22-20-27-42(46)44-33-31-40(38-48(44)56)50-51(61-53-52(60-50)54(58)62-55(53)59)41-32-34-45-43-28-21-23-30-47(43)57(49(45)39-41,36-25-18-15-12-9-6-2)37-26-19-16-13-10-7-3/h20-23,27-34,38-39H,5-19,24-26,35-37H2,1-4H3. The van der Waals surface area contributed by atoms with E-state index >= 15 is 0 Å². The summed E-state index contributed by atoms with van der Waals surface area (Å²) in [5.74, 6) is 0. The molecule has 0 radical (unpaired) electrons. The molecular formula is C57H68Br2N2S. The molecule has 0 aliphatic heterocycles. The summed E-state index contributed by atoms with van der Waals surface area (Å²) >= 11 is 9.45. The van der Waals surface area contributed by atoms with Crippen LogP contribution in [-0.4, -0.2) is 9.97 Å². The molecule has 0 fully saturated rings. The first-order chi connectivity index (χ1) is 30.3. The maximum Gasteiger partial charge on any atom is 0.116 e. The van der Waals surface area contributed by atoms with Crippen molar-refractivity contribution in [3.8, 4) is 44.8 Å². The molecule has 0 saturated heterocycles. The van der Waals surface area contributed by atoms with Gasteiger partial charge in [0.15, 0.2) is 0 Å². The van der Waals surface area contributed by atoms with E-state index < -0.39 is 0 Å². The molecule has 0 bridgehead atoms. The van der Waals surface area contributed by atoms with Crippen LogP contribution in [0.2, 0.25) is 0 Å². The third-order valence-corrected chi connectivity index (χ3v) is 17.1. The van der Waals surface area contributed by atoms with Crippen molar-refractivity contribution in [3.63, 3.8) is 0 Å². The van der Waals surface area contributed by atoms with Gasteiger partial charge in [0.2, 0.25) is 0 Å². The van der Waals surface area contributed by atoms with Crippen molar-refractivity contribution >= 4 is 54.2 Å². The lowest BCUT2D eigenvalue weighted by molar-refractivity contribution is 0.398. The quantitative estimate of drug-likeness (QED) is 0.0598. The van der Waals surface area contributed by atoms with Gasteiger partial charge >= 0.3 is 0 Å². The van der Waals surface area contributed by atoms with Crippen LogP contribution >= 0.6 is 43.2 Å². The highest BCUT2D eigenvalue weighted by Crippen LogP contribution is 2.56. The lowest BCUT2D eigenvalue weighted by atomic mass is 9.70. The number of unbranched alkanes of at least 4 members (excludes halogenated alkanes) is 15. The number of halogens is 2. The average Bonchev–Trinajstić information content (AvgIpc) is 3.84. The monoisotopic (exact) mass is 970 g/mol. The summed E-state index contributed by atoms with van der Waals surface area (Å²) in [6.07, 6.45) is 27.2. The Balaban J connectivity index is 1.23. The van der Waals surface area contributed by atoms with E-state index in [0.717, 1.165) is 42.0 Å². The lowest BCUT2D eigenvalue weighted by Crippen LogP contribution is -2.25.